The molecule has 0 aliphatic rings. The largest absolute Gasteiger partial charge is 0.289 e. The van der Waals surface area contributed by atoms with Crippen molar-refractivity contribution in [1.29, 1.82) is 0 Å². The summed E-state index contributed by atoms with van der Waals surface area (Å²) in [5.74, 6) is -0.0857. The Balaban J connectivity index is 2.56. The van der Waals surface area contributed by atoms with Gasteiger partial charge in [-0.15, -0.1) is 0 Å². The number of ketones is 1. The van der Waals surface area contributed by atoms with Gasteiger partial charge in [0.2, 0.25) is 0 Å². The van der Waals surface area contributed by atoms with Crippen molar-refractivity contribution in [2.75, 3.05) is 0 Å². The Bertz CT molecular complexity index is 725. The number of nitro benzene ring substituents is 1. The first-order valence-corrected chi connectivity index (χ1v) is 6.69. The Kier molecular flexibility index (Phi) is 3.89. The van der Waals surface area contributed by atoms with Crippen LogP contribution in [0, 0.1) is 37.8 Å². The van der Waals surface area contributed by atoms with Crippen LogP contribution in [0.25, 0.3) is 0 Å². The summed E-state index contributed by atoms with van der Waals surface area (Å²) in [5, 5.41) is 10.9. The van der Waals surface area contributed by atoms with Gasteiger partial charge in [0.25, 0.3) is 5.69 Å². The quantitative estimate of drug-likeness (QED) is 0.485. The maximum Gasteiger partial charge on any atom is 0.270 e. The maximum atomic E-state index is 12.7. The van der Waals surface area contributed by atoms with E-state index < -0.39 is 4.92 Å². The van der Waals surface area contributed by atoms with Crippen LogP contribution in [0.5, 0.6) is 0 Å². The second-order valence-electron chi connectivity index (χ2n) is 5.36. The Labute approximate surface area is 123 Å². The first-order valence-electron chi connectivity index (χ1n) is 6.69. The smallest absolute Gasteiger partial charge is 0.270 e. The average Bonchev–Trinajstić information content (AvgIpc) is 2.37. The van der Waals surface area contributed by atoms with Crippen LogP contribution in [-0.2, 0) is 0 Å². The molecule has 4 nitrogen and oxygen atoms in total. The highest BCUT2D eigenvalue weighted by Crippen LogP contribution is 2.25. The zero-order valence-electron chi connectivity index (χ0n) is 12.6. The molecule has 0 aliphatic heterocycles. The summed E-state index contributed by atoms with van der Waals surface area (Å²) >= 11 is 0. The normalized spacial score (nSPS) is 10.5. The molecule has 2 aromatic rings. The van der Waals surface area contributed by atoms with Crippen LogP contribution >= 0.6 is 0 Å². The Hall–Kier alpha value is -2.49. The highest BCUT2D eigenvalue weighted by Gasteiger charge is 2.19. The molecule has 0 heterocycles. The van der Waals surface area contributed by atoms with Crippen molar-refractivity contribution >= 4 is 11.5 Å². The standard InChI is InChI=1S/C17H17NO3/c1-10-5-6-15(11(2)7-10)17(19)16-12(3)8-14(18(20)21)9-13(16)4/h5-9H,1-4H3. The first kappa shape index (κ1) is 14.9. The number of hydrogen-bond donors (Lipinski definition) is 0. The number of carbonyl (C=O) groups is 1. The molecule has 0 aliphatic carbocycles. The van der Waals surface area contributed by atoms with Gasteiger partial charge in [0.15, 0.2) is 5.78 Å². The molecule has 0 spiro atoms. The lowest BCUT2D eigenvalue weighted by atomic mass is 9.91. The average molecular weight is 283 g/mol. The van der Waals surface area contributed by atoms with Crippen molar-refractivity contribution in [2.45, 2.75) is 27.7 Å². The first-order chi connectivity index (χ1) is 9.81. The number of benzene rings is 2. The van der Waals surface area contributed by atoms with Crippen LogP contribution in [0.1, 0.15) is 38.2 Å². The summed E-state index contributed by atoms with van der Waals surface area (Å²) in [6, 6.07) is 8.57. The molecule has 0 amide bonds. The van der Waals surface area contributed by atoms with E-state index in [2.05, 4.69) is 0 Å². The van der Waals surface area contributed by atoms with Gasteiger partial charge in [0.05, 0.1) is 4.92 Å². The van der Waals surface area contributed by atoms with Crippen LogP contribution < -0.4 is 0 Å². The van der Waals surface area contributed by atoms with Gasteiger partial charge in [-0.2, -0.15) is 0 Å². The molecule has 0 aromatic heterocycles. The monoisotopic (exact) mass is 283 g/mol. The number of hydrogen-bond acceptors (Lipinski definition) is 3. The molecule has 2 aromatic carbocycles. The summed E-state index contributed by atoms with van der Waals surface area (Å²) in [7, 11) is 0. The molecular weight excluding hydrogens is 266 g/mol. The summed E-state index contributed by atoms with van der Waals surface area (Å²) in [6.45, 7) is 7.34. The highest BCUT2D eigenvalue weighted by atomic mass is 16.6. The van der Waals surface area contributed by atoms with E-state index in [0.29, 0.717) is 22.3 Å². The third-order valence-corrected chi connectivity index (χ3v) is 3.58. The van der Waals surface area contributed by atoms with E-state index in [1.165, 1.54) is 12.1 Å². The number of nitrogens with zero attached hydrogens (tertiary/aromatic N) is 1. The van der Waals surface area contributed by atoms with Crippen molar-refractivity contribution in [3.8, 4) is 0 Å². The van der Waals surface area contributed by atoms with Crippen LogP contribution in [-0.4, -0.2) is 10.7 Å². The number of non-ortho nitro benzene ring substituents is 1. The van der Waals surface area contributed by atoms with E-state index in [9.17, 15) is 14.9 Å². The van der Waals surface area contributed by atoms with Crippen LogP contribution in [0.3, 0.4) is 0 Å². The molecule has 0 fully saturated rings. The molecule has 0 N–H and O–H groups in total. The summed E-state index contributed by atoms with van der Waals surface area (Å²) in [5.41, 5.74) is 4.48. The second kappa shape index (κ2) is 5.48. The van der Waals surface area contributed by atoms with Crippen molar-refractivity contribution in [1.82, 2.24) is 0 Å². The fourth-order valence-corrected chi connectivity index (χ4v) is 2.61. The number of rotatable bonds is 3. The molecule has 4 heteroatoms. The van der Waals surface area contributed by atoms with Crippen LogP contribution in [0.15, 0.2) is 30.3 Å². The Morgan fingerprint density at radius 2 is 1.52 bits per heavy atom. The molecule has 0 saturated carbocycles. The van der Waals surface area contributed by atoms with Crippen LogP contribution in [0.4, 0.5) is 5.69 Å². The Morgan fingerprint density at radius 3 is 2.00 bits per heavy atom. The van der Waals surface area contributed by atoms with Gasteiger partial charge in [0, 0.05) is 23.3 Å². The van der Waals surface area contributed by atoms with E-state index in [4.69, 9.17) is 0 Å². The number of aryl methyl sites for hydroxylation is 4. The molecular formula is C17H17NO3. The summed E-state index contributed by atoms with van der Waals surface area (Å²) in [6.07, 6.45) is 0. The van der Waals surface area contributed by atoms with Crippen molar-refractivity contribution in [2.24, 2.45) is 0 Å². The zero-order valence-corrected chi connectivity index (χ0v) is 12.6. The van der Waals surface area contributed by atoms with E-state index in [0.717, 1.165) is 11.1 Å². The minimum absolute atomic E-state index is 0.0159. The third-order valence-electron chi connectivity index (χ3n) is 3.58. The minimum Gasteiger partial charge on any atom is -0.289 e. The minimum atomic E-state index is -0.439. The van der Waals surface area contributed by atoms with Crippen molar-refractivity contribution < 1.29 is 9.72 Å². The lowest BCUT2D eigenvalue weighted by Crippen LogP contribution is -2.09. The number of carbonyl (C=O) groups excluding carboxylic acids is 1. The molecule has 0 bridgehead atoms. The molecule has 108 valence electrons. The maximum absolute atomic E-state index is 12.7. The summed E-state index contributed by atoms with van der Waals surface area (Å²) < 4.78 is 0. The van der Waals surface area contributed by atoms with Gasteiger partial charge < -0.3 is 0 Å². The van der Waals surface area contributed by atoms with Gasteiger partial charge in [-0.05, 0) is 44.4 Å². The predicted molar refractivity (Wildman–Crippen MR) is 81.9 cm³/mol. The fourth-order valence-electron chi connectivity index (χ4n) is 2.61. The molecule has 0 atom stereocenters. The topological polar surface area (TPSA) is 60.2 Å². The molecule has 0 saturated heterocycles. The van der Waals surface area contributed by atoms with Gasteiger partial charge in [0.1, 0.15) is 0 Å². The van der Waals surface area contributed by atoms with E-state index >= 15 is 0 Å². The molecule has 2 rings (SSSR count). The van der Waals surface area contributed by atoms with Crippen molar-refractivity contribution in [3.63, 3.8) is 0 Å². The second-order valence-corrected chi connectivity index (χ2v) is 5.36. The lowest BCUT2D eigenvalue weighted by molar-refractivity contribution is -0.384. The summed E-state index contributed by atoms with van der Waals surface area (Å²) in [4.78, 5) is 23.2. The fraction of sp³-hybridized carbons (Fsp3) is 0.235. The predicted octanol–water partition coefficient (Wildman–Crippen LogP) is 4.06. The molecule has 0 radical (unpaired) electrons. The number of nitro groups is 1. The van der Waals surface area contributed by atoms with Gasteiger partial charge >= 0.3 is 0 Å². The van der Waals surface area contributed by atoms with Crippen LogP contribution in [0.2, 0.25) is 0 Å². The van der Waals surface area contributed by atoms with E-state index in [1.807, 2.05) is 32.0 Å². The van der Waals surface area contributed by atoms with Gasteiger partial charge in [-0.3, -0.25) is 14.9 Å². The third kappa shape index (κ3) is 2.84. The lowest BCUT2D eigenvalue weighted by Gasteiger charge is -2.11. The van der Waals surface area contributed by atoms with E-state index in [1.54, 1.807) is 13.8 Å². The molecule has 0 unspecified atom stereocenters. The zero-order chi connectivity index (χ0) is 15.7. The SMILES string of the molecule is Cc1ccc(C(=O)c2c(C)cc([N+](=O)[O-])cc2C)c(C)c1. The Morgan fingerprint density at radius 1 is 0.952 bits per heavy atom. The van der Waals surface area contributed by atoms with Gasteiger partial charge in [-0.25, -0.2) is 0 Å². The molecule has 21 heavy (non-hydrogen) atoms. The highest BCUT2D eigenvalue weighted by molar-refractivity contribution is 6.11. The van der Waals surface area contributed by atoms with Crippen molar-refractivity contribution in [3.05, 3.63) is 73.8 Å². The van der Waals surface area contributed by atoms with Gasteiger partial charge in [-0.1, -0.05) is 23.8 Å². The van der Waals surface area contributed by atoms with E-state index in [-0.39, 0.29) is 11.5 Å².